The zero-order valence-corrected chi connectivity index (χ0v) is 13.0. The van der Waals surface area contributed by atoms with E-state index in [0.29, 0.717) is 17.0 Å². The highest BCUT2D eigenvalue weighted by molar-refractivity contribution is 9.09. The molecule has 2 aromatic carbocycles. The lowest BCUT2D eigenvalue weighted by Gasteiger charge is -2.13. The van der Waals surface area contributed by atoms with Crippen LogP contribution in [0.15, 0.2) is 42.5 Å². The van der Waals surface area contributed by atoms with Gasteiger partial charge in [-0.2, -0.15) is 8.78 Å². The molecule has 0 aliphatic rings. The zero-order valence-electron chi connectivity index (χ0n) is 10.7. The second-order valence-corrected chi connectivity index (χ2v) is 5.83. The van der Waals surface area contributed by atoms with E-state index in [9.17, 15) is 13.2 Å². The summed E-state index contributed by atoms with van der Waals surface area (Å²) in [6.07, 6.45) is 0.348. The third-order valence-corrected chi connectivity index (χ3v) is 4.12. The topological polar surface area (TPSA) is 9.23 Å². The van der Waals surface area contributed by atoms with Gasteiger partial charge in [0.15, 0.2) is 0 Å². The van der Waals surface area contributed by atoms with Crippen LogP contribution in [0.3, 0.4) is 0 Å². The Labute approximate surface area is 133 Å². The van der Waals surface area contributed by atoms with Crippen LogP contribution in [0, 0.1) is 5.82 Å². The molecule has 6 heteroatoms. The van der Waals surface area contributed by atoms with Gasteiger partial charge in [-0.15, -0.1) is 0 Å². The minimum atomic E-state index is -2.85. The molecule has 0 aliphatic heterocycles. The fourth-order valence-electron chi connectivity index (χ4n) is 1.88. The Morgan fingerprint density at radius 1 is 1.10 bits per heavy atom. The Morgan fingerprint density at radius 3 is 2.33 bits per heavy atom. The van der Waals surface area contributed by atoms with E-state index >= 15 is 0 Å². The molecule has 112 valence electrons. The first-order chi connectivity index (χ1) is 9.97. The highest BCUT2D eigenvalue weighted by atomic mass is 79.9. The first-order valence-corrected chi connectivity index (χ1v) is 7.38. The van der Waals surface area contributed by atoms with Crippen LogP contribution < -0.4 is 4.74 Å². The quantitative estimate of drug-likeness (QED) is 0.600. The van der Waals surface area contributed by atoms with Crippen LogP contribution in [0.5, 0.6) is 5.75 Å². The summed E-state index contributed by atoms with van der Waals surface area (Å²) in [5.74, 6) is -0.290. The molecule has 1 nitrogen and oxygen atoms in total. The summed E-state index contributed by atoms with van der Waals surface area (Å²) >= 11 is 9.43. The van der Waals surface area contributed by atoms with Gasteiger partial charge >= 0.3 is 6.61 Å². The third-order valence-electron chi connectivity index (χ3n) is 2.91. The molecule has 0 heterocycles. The molecule has 21 heavy (non-hydrogen) atoms. The van der Waals surface area contributed by atoms with Gasteiger partial charge in [-0.05, 0) is 36.2 Å². The number of rotatable bonds is 5. The lowest BCUT2D eigenvalue weighted by atomic mass is 10.0. The fourth-order valence-corrected chi connectivity index (χ4v) is 2.75. The molecular weight excluding hydrogens is 369 g/mol. The zero-order chi connectivity index (χ0) is 15.4. The second-order valence-electron chi connectivity index (χ2n) is 4.32. The van der Waals surface area contributed by atoms with E-state index in [1.165, 1.54) is 18.2 Å². The maximum absolute atomic E-state index is 13.7. The summed E-state index contributed by atoms with van der Waals surface area (Å²) in [4.78, 5) is -0.188. The molecule has 0 bridgehead atoms. The van der Waals surface area contributed by atoms with Crippen LogP contribution >= 0.6 is 27.5 Å². The summed E-state index contributed by atoms with van der Waals surface area (Å²) in [7, 11) is 0. The molecule has 2 rings (SSSR count). The van der Waals surface area contributed by atoms with E-state index < -0.39 is 6.61 Å². The van der Waals surface area contributed by atoms with Crippen molar-refractivity contribution in [3.8, 4) is 5.75 Å². The smallest absolute Gasteiger partial charge is 0.387 e. The molecule has 0 fully saturated rings. The van der Waals surface area contributed by atoms with Gasteiger partial charge in [-0.25, -0.2) is 4.39 Å². The summed E-state index contributed by atoms with van der Waals surface area (Å²) in [6.45, 7) is -2.85. The number of halogens is 5. The van der Waals surface area contributed by atoms with Crippen molar-refractivity contribution in [1.82, 2.24) is 0 Å². The third kappa shape index (κ3) is 4.38. The number of hydrogen-bond donors (Lipinski definition) is 0. The predicted molar refractivity (Wildman–Crippen MR) is 79.9 cm³/mol. The van der Waals surface area contributed by atoms with Gasteiger partial charge in [-0.1, -0.05) is 45.7 Å². The molecule has 1 unspecified atom stereocenters. The lowest BCUT2D eigenvalue weighted by molar-refractivity contribution is -0.0498. The Bertz CT molecular complexity index is 584. The van der Waals surface area contributed by atoms with Gasteiger partial charge in [0.2, 0.25) is 0 Å². The van der Waals surface area contributed by atoms with Gasteiger partial charge in [-0.3, -0.25) is 0 Å². The van der Waals surface area contributed by atoms with E-state index in [1.807, 2.05) is 0 Å². The molecule has 0 aromatic heterocycles. The number of ether oxygens (including phenoxy) is 1. The van der Waals surface area contributed by atoms with E-state index in [4.69, 9.17) is 11.6 Å². The Balaban J connectivity index is 2.11. The normalized spacial score (nSPS) is 12.5. The first-order valence-electron chi connectivity index (χ1n) is 6.09. The Hall–Kier alpha value is -1.20. The van der Waals surface area contributed by atoms with Crippen molar-refractivity contribution in [2.75, 3.05) is 0 Å². The van der Waals surface area contributed by atoms with E-state index in [2.05, 4.69) is 20.7 Å². The highest BCUT2D eigenvalue weighted by Gasteiger charge is 2.14. The van der Waals surface area contributed by atoms with Gasteiger partial charge in [0.25, 0.3) is 0 Å². The maximum Gasteiger partial charge on any atom is 0.387 e. The highest BCUT2D eigenvalue weighted by Crippen LogP contribution is 2.32. The number of alkyl halides is 3. The molecule has 0 aliphatic carbocycles. The van der Waals surface area contributed by atoms with Crippen LogP contribution in [0.25, 0.3) is 0 Å². The summed E-state index contributed by atoms with van der Waals surface area (Å²) < 4.78 is 42.1. The van der Waals surface area contributed by atoms with Crippen molar-refractivity contribution in [2.45, 2.75) is 17.9 Å². The standard InChI is InChI=1S/C15H11BrClF3O/c16-12(8-11-13(17)2-1-3-14(11)18)9-4-6-10(7-5-9)21-15(19)20/h1-7,12,15H,8H2. The predicted octanol–water partition coefficient (Wildman–Crippen LogP) is 5.76. The average Bonchev–Trinajstić information content (AvgIpc) is 2.43. The van der Waals surface area contributed by atoms with Crippen molar-refractivity contribution in [2.24, 2.45) is 0 Å². The molecule has 0 spiro atoms. The number of hydrogen-bond acceptors (Lipinski definition) is 1. The van der Waals surface area contributed by atoms with Crippen molar-refractivity contribution in [3.63, 3.8) is 0 Å². The average molecular weight is 380 g/mol. The minimum Gasteiger partial charge on any atom is -0.435 e. The summed E-state index contributed by atoms with van der Waals surface area (Å²) in [6, 6.07) is 10.7. The minimum absolute atomic E-state index is 0.0809. The van der Waals surface area contributed by atoms with Crippen LogP contribution in [-0.4, -0.2) is 6.61 Å². The Morgan fingerprint density at radius 2 is 1.76 bits per heavy atom. The SMILES string of the molecule is Fc1cccc(Cl)c1CC(Br)c1ccc(OC(F)F)cc1. The molecule has 0 saturated heterocycles. The van der Waals surface area contributed by atoms with Gasteiger partial charge < -0.3 is 4.74 Å². The monoisotopic (exact) mass is 378 g/mol. The first kappa shape index (κ1) is 16.2. The van der Waals surface area contributed by atoms with Gasteiger partial charge in [0, 0.05) is 15.4 Å². The van der Waals surface area contributed by atoms with Crippen LogP contribution in [0.2, 0.25) is 5.02 Å². The van der Waals surface area contributed by atoms with E-state index in [1.54, 1.807) is 24.3 Å². The molecule has 0 N–H and O–H groups in total. The van der Waals surface area contributed by atoms with Gasteiger partial charge in [0.05, 0.1) is 0 Å². The fraction of sp³-hybridized carbons (Fsp3) is 0.200. The molecule has 2 aromatic rings. The van der Waals surface area contributed by atoms with E-state index in [-0.39, 0.29) is 16.4 Å². The lowest BCUT2D eigenvalue weighted by Crippen LogP contribution is -2.02. The molecule has 0 saturated carbocycles. The maximum atomic E-state index is 13.7. The molecule has 1 atom stereocenters. The second kappa shape index (κ2) is 7.18. The largest absolute Gasteiger partial charge is 0.435 e. The molecule has 0 amide bonds. The van der Waals surface area contributed by atoms with Crippen LogP contribution in [0.4, 0.5) is 13.2 Å². The van der Waals surface area contributed by atoms with Crippen molar-refractivity contribution in [1.29, 1.82) is 0 Å². The van der Waals surface area contributed by atoms with Gasteiger partial charge in [0.1, 0.15) is 11.6 Å². The summed E-state index contributed by atoms with van der Waals surface area (Å²) in [5, 5.41) is 0.358. The molecule has 0 radical (unpaired) electrons. The molecular formula is C15H11BrClF3O. The van der Waals surface area contributed by atoms with Crippen molar-refractivity contribution in [3.05, 3.63) is 64.4 Å². The van der Waals surface area contributed by atoms with Crippen molar-refractivity contribution < 1.29 is 17.9 Å². The Kier molecular flexibility index (Phi) is 5.53. The van der Waals surface area contributed by atoms with Crippen LogP contribution in [-0.2, 0) is 6.42 Å². The van der Waals surface area contributed by atoms with Crippen molar-refractivity contribution >= 4 is 27.5 Å². The summed E-state index contributed by atoms with van der Waals surface area (Å²) in [5.41, 5.74) is 1.23. The van der Waals surface area contributed by atoms with E-state index in [0.717, 1.165) is 5.56 Å². The number of benzene rings is 2. The van der Waals surface area contributed by atoms with Crippen LogP contribution in [0.1, 0.15) is 16.0 Å².